The normalized spacial score (nSPS) is 10.7. The molecule has 2 heterocycles. The van der Waals surface area contributed by atoms with E-state index >= 15 is 0 Å². The van der Waals surface area contributed by atoms with Crippen LogP contribution in [0.5, 0.6) is 0 Å². The van der Waals surface area contributed by atoms with Crippen molar-refractivity contribution in [2.45, 2.75) is 6.92 Å². The van der Waals surface area contributed by atoms with Crippen LogP contribution in [-0.4, -0.2) is 30.5 Å². The highest BCUT2D eigenvalue weighted by Crippen LogP contribution is 2.18. The first-order valence-electron chi connectivity index (χ1n) is 8.18. The molecule has 1 N–H and O–H groups in total. The molecule has 0 unspecified atom stereocenters. The maximum Gasteiger partial charge on any atom is 0.255 e. The molecule has 4 rings (SSSR count). The number of nitrogens with zero attached hydrogens (tertiary/aromatic N) is 5. The molecule has 0 aliphatic rings. The number of carbonyl (C=O) groups is 1. The van der Waals surface area contributed by atoms with Crippen LogP contribution >= 0.6 is 0 Å². The number of carbonyl (C=O) groups excluding carboxylic acids is 1. The number of aryl methyl sites for hydroxylation is 1. The lowest BCUT2D eigenvalue weighted by Gasteiger charge is -2.08. The van der Waals surface area contributed by atoms with Gasteiger partial charge in [0.15, 0.2) is 5.82 Å². The van der Waals surface area contributed by atoms with Gasteiger partial charge in [-0.25, -0.2) is 18.7 Å². The molecular weight excluding hydrogens is 347 g/mol. The minimum absolute atomic E-state index is 0.254. The summed E-state index contributed by atoms with van der Waals surface area (Å²) in [6, 6.07) is 11.4. The van der Waals surface area contributed by atoms with Crippen molar-refractivity contribution in [2.24, 2.45) is 0 Å². The van der Waals surface area contributed by atoms with Crippen molar-refractivity contribution >= 4 is 11.6 Å². The van der Waals surface area contributed by atoms with E-state index in [1.54, 1.807) is 41.2 Å². The predicted octanol–water partition coefficient (Wildman–Crippen LogP) is 3.15. The number of hydrogen-bond donors (Lipinski definition) is 1. The second kappa shape index (κ2) is 6.83. The van der Waals surface area contributed by atoms with E-state index in [-0.39, 0.29) is 11.6 Å². The van der Waals surface area contributed by atoms with E-state index in [1.165, 1.54) is 29.5 Å². The molecule has 0 fully saturated rings. The lowest BCUT2D eigenvalue weighted by molar-refractivity contribution is 0.102. The molecular formula is C19H15FN6O. The van der Waals surface area contributed by atoms with Crippen LogP contribution in [0.15, 0.2) is 67.5 Å². The Labute approximate surface area is 154 Å². The van der Waals surface area contributed by atoms with E-state index in [0.717, 1.165) is 11.3 Å². The molecule has 8 heteroatoms. The molecule has 0 saturated carbocycles. The van der Waals surface area contributed by atoms with Gasteiger partial charge in [0.1, 0.15) is 18.3 Å². The lowest BCUT2D eigenvalue weighted by Crippen LogP contribution is -2.12. The average molecular weight is 362 g/mol. The Morgan fingerprint density at radius 2 is 1.89 bits per heavy atom. The summed E-state index contributed by atoms with van der Waals surface area (Å²) in [7, 11) is 0. The van der Waals surface area contributed by atoms with Gasteiger partial charge in [0.05, 0.1) is 11.9 Å². The van der Waals surface area contributed by atoms with E-state index in [2.05, 4.69) is 20.5 Å². The van der Waals surface area contributed by atoms with Gasteiger partial charge in [-0.1, -0.05) is 0 Å². The Bertz CT molecular complexity index is 1090. The molecule has 27 heavy (non-hydrogen) atoms. The van der Waals surface area contributed by atoms with E-state index in [4.69, 9.17) is 0 Å². The first-order chi connectivity index (χ1) is 13.1. The number of amides is 1. The second-order valence-electron chi connectivity index (χ2n) is 5.97. The van der Waals surface area contributed by atoms with Gasteiger partial charge in [0.25, 0.3) is 5.91 Å². The molecule has 0 radical (unpaired) electrons. The smallest absolute Gasteiger partial charge is 0.255 e. The molecule has 134 valence electrons. The van der Waals surface area contributed by atoms with Crippen LogP contribution < -0.4 is 5.32 Å². The third-order valence-corrected chi connectivity index (χ3v) is 3.98. The minimum atomic E-state index is -0.511. The number of nitrogens with one attached hydrogen (secondary N) is 1. The van der Waals surface area contributed by atoms with E-state index in [9.17, 15) is 9.18 Å². The predicted molar refractivity (Wildman–Crippen MR) is 97.6 cm³/mol. The number of aromatic nitrogens is 5. The summed E-state index contributed by atoms with van der Waals surface area (Å²) >= 11 is 0. The van der Waals surface area contributed by atoms with E-state index < -0.39 is 5.82 Å². The summed E-state index contributed by atoms with van der Waals surface area (Å²) in [6.07, 6.45) is 6.38. The Morgan fingerprint density at radius 1 is 1.07 bits per heavy atom. The summed E-state index contributed by atoms with van der Waals surface area (Å²) in [5.74, 6) is -0.839. The fraction of sp³-hybridized carbons (Fsp3) is 0.0526. The third kappa shape index (κ3) is 3.45. The zero-order valence-electron chi connectivity index (χ0n) is 14.4. The number of halogens is 1. The van der Waals surface area contributed by atoms with Gasteiger partial charge >= 0.3 is 0 Å². The first-order valence-corrected chi connectivity index (χ1v) is 8.18. The molecule has 0 aliphatic heterocycles. The molecule has 4 aromatic rings. The fourth-order valence-corrected chi connectivity index (χ4v) is 2.63. The van der Waals surface area contributed by atoms with Gasteiger partial charge in [0, 0.05) is 17.4 Å². The lowest BCUT2D eigenvalue weighted by atomic mass is 10.2. The summed E-state index contributed by atoms with van der Waals surface area (Å²) in [6.45, 7) is 1.96. The van der Waals surface area contributed by atoms with Gasteiger partial charge in [-0.15, -0.1) is 0 Å². The fourth-order valence-electron chi connectivity index (χ4n) is 2.63. The van der Waals surface area contributed by atoms with Gasteiger partial charge in [0.2, 0.25) is 0 Å². The molecule has 0 bridgehead atoms. The molecule has 2 aromatic heterocycles. The summed E-state index contributed by atoms with van der Waals surface area (Å²) < 4.78 is 17.3. The average Bonchev–Trinajstić information content (AvgIpc) is 3.34. The SMILES string of the molecule is Cc1cnn(-c2ccc(C(=O)Nc3ccc(-n4cncn4)c(F)c3)cc2)c1. The van der Waals surface area contributed by atoms with Gasteiger partial charge in [-0.3, -0.25) is 4.79 Å². The molecule has 0 atom stereocenters. The zero-order valence-corrected chi connectivity index (χ0v) is 14.4. The number of anilines is 1. The van der Waals surface area contributed by atoms with Gasteiger partial charge in [-0.05, 0) is 55.0 Å². The molecule has 0 saturated heterocycles. The second-order valence-corrected chi connectivity index (χ2v) is 5.97. The quantitative estimate of drug-likeness (QED) is 0.605. The maximum atomic E-state index is 14.3. The minimum Gasteiger partial charge on any atom is -0.322 e. The number of benzene rings is 2. The Morgan fingerprint density at radius 3 is 2.52 bits per heavy atom. The first kappa shape index (κ1) is 16.6. The van der Waals surface area contributed by atoms with Crippen molar-refractivity contribution in [1.29, 1.82) is 0 Å². The molecule has 1 amide bonds. The van der Waals surface area contributed by atoms with Crippen molar-refractivity contribution in [3.8, 4) is 11.4 Å². The standard InChI is InChI=1S/C19H15FN6O/c1-13-9-22-25(10-13)16-5-2-14(3-6-16)19(27)24-15-4-7-18(17(20)8-15)26-12-21-11-23-26/h2-12H,1H3,(H,24,27). The Hall–Kier alpha value is -3.81. The monoisotopic (exact) mass is 362 g/mol. The zero-order chi connectivity index (χ0) is 18.8. The van der Waals surface area contributed by atoms with Crippen LogP contribution in [0, 0.1) is 12.7 Å². The van der Waals surface area contributed by atoms with Crippen molar-refractivity contribution < 1.29 is 9.18 Å². The highest BCUT2D eigenvalue weighted by atomic mass is 19.1. The van der Waals surface area contributed by atoms with Crippen LogP contribution in [0.3, 0.4) is 0 Å². The van der Waals surface area contributed by atoms with Crippen LogP contribution in [0.1, 0.15) is 15.9 Å². The summed E-state index contributed by atoms with van der Waals surface area (Å²) in [5, 5.41) is 10.8. The molecule has 7 nitrogen and oxygen atoms in total. The van der Waals surface area contributed by atoms with Gasteiger partial charge in [-0.2, -0.15) is 10.2 Å². The van der Waals surface area contributed by atoms with E-state index in [1.807, 2.05) is 13.1 Å². The number of hydrogen-bond acceptors (Lipinski definition) is 4. The van der Waals surface area contributed by atoms with Crippen molar-refractivity contribution in [1.82, 2.24) is 24.5 Å². The van der Waals surface area contributed by atoms with E-state index in [0.29, 0.717) is 11.3 Å². The van der Waals surface area contributed by atoms with Crippen LogP contribution in [0.25, 0.3) is 11.4 Å². The Balaban J connectivity index is 1.50. The van der Waals surface area contributed by atoms with Crippen LogP contribution in [-0.2, 0) is 0 Å². The summed E-state index contributed by atoms with van der Waals surface area (Å²) in [5.41, 5.74) is 2.97. The van der Waals surface area contributed by atoms with Crippen molar-refractivity contribution in [3.05, 3.63) is 84.5 Å². The highest BCUT2D eigenvalue weighted by Gasteiger charge is 2.10. The molecule has 2 aromatic carbocycles. The third-order valence-electron chi connectivity index (χ3n) is 3.98. The molecule has 0 aliphatic carbocycles. The Kier molecular flexibility index (Phi) is 4.21. The van der Waals surface area contributed by atoms with Gasteiger partial charge < -0.3 is 5.32 Å². The van der Waals surface area contributed by atoms with Crippen molar-refractivity contribution in [2.75, 3.05) is 5.32 Å². The highest BCUT2D eigenvalue weighted by molar-refractivity contribution is 6.04. The molecule has 0 spiro atoms. The van der Waals surface area contributed by atoms with Crippen LogP contribution in [0.2, 0.25) is 0 Å². The van der Waals surface area contributed by atoms with Crippen LogP contribution in [0.4, 0.5) is 10.1 Å². The topological polar surface area (TPSA) is 77.6 Å². The summed E-state index contributed by atoms with van der Waals surface area (Å²) in [4.78, 5) is 16.2. The number of rotatable bonds is 4. The van der Waals surface area contributed by atoms with Crippen molar-refractivity contribution in [3.63, 3.8) is 0 Å². The maximum absolute atomic E-state index is 14.3. The largest absolute Gasteiger partial charge is 0.322 e.